The molecule has 0 radical (unpaired) electrons. The van der Waals surface area contributed by atoms with Gasteiger partial charge in [-0.2, -0.15) is 0 Å². The normalized spacial score (nSPS) is 12.1. The van der Waals surface area contributed by atoms with Gasteiger partial charge in [0.2, 0.25) is 0 Å². The van der Waals surface area contributed by atoms with Crippen molar-refractivity contribution in [1.29, 1.82) is 0 Å². The standard InChI is InChI=1S/C26H52N/c1-5-7-8-9-10-11-12-13-14-15-16-17-18-19-20-21-22-23-24-26-27(3,4)25-6-2/h6,23-24H,2,5,7-22,25-26H2,1,3-4H3/q+1. The molecule has 0 bridgehead atoms. The van der Waals surface area contributed by atoms with E-state index in [0.29, 0.717) is 0 Å². The van der Waals surface area contributed by atoms with E-state index in [1.807, 2.05) is 6.08 Å². The summed E-state index contributed by atoms with van der Waals surface area (Å²) in [4.78, 5) is 0. The van der Waals surface area contributed by atoms with Gasteiger partial charge in [-0.1, -0.05) is 116 Å². The molecule has 0 unspecified atom stereocenters. The maximum Gasteiger partial charge on any atom is 0.0972 e. The molecule has 27 heavy (non-hydrogen) atoms. The van der Waals surface area contributed by atoms with Crippen molar-refractivity contribution in [2.75, 3.05) is 27.2 Å². The van der Waals surface area contributed by atoms with Crippen LogP contribution in [0.1, 0.15) is 116 Å². The second-order valence-electron chi connectivity index (χ2n) is 9.15. The van der Waals surface area contributed by atoms with Crippen LogP contribution in [-0.2, 0) is 0 Å². The summed E-state index contributed by atoms with van der Waals surface area (Å²) in [5.74, 6) is 0. The molecule has 1 heteroatoms. The van der Waals surface area contributed by atoms with Gasteiger partial charge in [-0.05, 0) is 25.0 Å². The summed E-state index contributed by atoms with van der Waals surface area (Å²) in [5, 5.41) is 0. The third-order valence-electron chi connectivity index (χ3n) is 5.61. The second-order valence-corrected chi connectivity index (χ2v) is 9.15. The Labute approximate surface area is 172 Å². The molecule has 0 saturated heterocycles. The van der Waals surface area contributed by atoms with Crippen LogP contribution in [-0.4, -0.2) is 31.7 Å². The third kappa shape index (κ3) is 21.6. The summed E-state index contributed by atoms with van der Waals surface area (Å²) in [6.45, 7) is 8.30. The first-order valence-electron chi connectivity index (χ1n) is 12.2. The van der Waals surface area contributed by atoms with E-state index >= 15 is 0 Å². The van der Waals surface area contributed by atoms with Crippen LogP contribution in [0.15, 0.2) is 24.8 Å². The average molecular weight is 379 g/mol. The SMILES string of the molecule is C=CC[N+](C)(C)CC=CCCCCCCCCCCCCCCCCCC. The molecule has 0 amide bonds. The van der Waals surface area contributed by atoms with Crippen LogP contribution in [0, 0.1) is 0 Å². The molecule has 0 heterocycles. The molecule has 0 aliphatic carbocycles. The molecule has 0 aliphatic rings. The second kappa shape index (κ2) is 20.2. The van der Waals surface area contributed by atoms with Gasteiger partial charge in [0.1, 0.15) is 0 Å². The average Bonchev–Trinajstić information content (AvgIpc) is 2.63. The summed E-state index contributed by atoms with van der Waals surface area (Å²) in [7, 11) is 4.53. The summed E-state index contributed by atoms with van der Waals surface area (Å²) in [5.41, 5.74) is 0. The summed E-state index contributed by atoms with van der Waals surface area (Å²) >= 11 is 0. The summed E-state index contributed by atoms with van der Waals surface area (Å²) in [6.07, 6.45) is 31.2. The first kappa shape index (κ1) is 26.4. The number of likely N-dealkylation sites (N-methyl/N-ethyl adjacent to an activating group) is 1. The smallest absolute Gasteiger partial charge is 0.0972 e. The maximum absolute atomic E-state index is 3.84. The highest BCUT2D eigenvalue weighted by molar-refractivity contribution is 4.82. The number of unbranched alkanes of at least 4 members (excludes halogenated alkanes) is 16. The van der Waals surface area contributed by atoms with Crippen LogP contribution in [0.5, 0.6) is 0 Å². The Hall–Kier alpha value is -0.560. The maximum atomic E-state index is 3.84. The van der Waals surface area contributed by atoms with Crippen molar-refractivity contribution in [2.45, 2.75) is 116 Å². The van der Waals surface area contributed by atoms with Crippen molar-refractivity contribution < 1.29 is 4.48 Å². The molecule has 0 saturated carbocycles. The topological polar surface area (TPSA) is 0 Å². The first-order chi connectivity index (χ1) is 13.1. The van der Waals surface area contributed by atoms with Gasteiger partial charge in [0.15, 0.2) is 0 Å². The molecule has 0 atom stereocenters. The number of nitrogens with zero attached hydrogens (tertiary/aromatic N) is 1. The van der Waals surface area contributed by atoms with Gasteiger partial charge in [-0.25, -0.2) is 0 Å². The molecule has 0 aromatic carbocycles. The van der Waals surface area contributed by atoms with Crippen LogP contribution in [0.3, 0.4) is 0 Å². The molecule has 0 spiro atoms. The molecular weight excluding hydrogens is 326 g/mol. The fourth-order valence-electron chi connectivity index (χ4n) is 3.71. The largest absolute Gasteiger partial charge is 0.322 e. The van der Waals surface area contributed by atoms with Crippen LogP contribution in [0.2, 0.25) is 0 Å². The summed E-state index contributed by atoms with van der Waals surface area (Å²) in [6, 6.07) is 0. The van der Waals surface area contributed by atoms with Gasteiger partial charge >= 0.3 is 0 Å². The number of hydrogen-bond acceptors (Lipinski definition) is 0. The lowest BCUT2D eigenvalue weighted by molar-refractivity contribution is -0.878. The summed E-state index contributed by atoms with van der Waals surface area (Å²) < 4.78 is 1.01. The lowest BCUT2D eigenvalue weighted by atomic mass is 10.0. The minimum absolute atomic E-state index is 1.01. The predicted octanol–water partition coefficient (Wildman–Crippen LogP) is 8.46. The van der Waals surface area contributed by atoms with Crippen LogP contribution in [0.4, 0.5) is 0 Å². The highest BCUT2D eigenvalue weighted by Crippen LogP contribution is 2.14. The molecule has 160 valence electrons. The lowest BCUT2D eigenvalue weighted by Crippen LogP contribution is -2.39. The number of hydrogen-bond donors (Lipinski definition) is 0. The fourth-order valence-corrected chi connectivity index (χ4v) is 3.71. The van der Waals surface area contributed by atoms with E-state index in [0.717, 1.165) is 17.6 Å². The van der Waals surface area contributed by atoms with Gasteiger partial charge in [-0.3, -0.25) is 0 Å². The first-order valence-corrected chi connectivity index (χ1v) is 12.2. The van der Waals surface area contributed by atoms with Crippen LogP contribution >= 0.6 is 0 Å². The Morgan fingerprint density at radius 3 is 1.37 bits per heavy atom. The zero-order chi connectivity index (χ0) is 20.1. The van der Waals surface area contributed by atoms with Crippen molar-refractivity contribution in [3.8, 4) is 0 Å². The molecule has 0 aliphatic heterocycles. The van der Waals surface area contributed by atoms with E-state index in [1.165, 1.54) is 109 Å². The molecule has 0 aromatic heterocycles. The molecular formula is C26H52N+. The Morgan fingerprint density at radius 1 is 0.556 bits per heavy atom. The zero-order valence-corrected chi connectivity index (χ0v) is 19.3. The minimum atomic E-state index is 1.01. The molecule has 0 N–H and O–H groups in total. The van der Waals surface area contributed by atoms with Gasteiger partial charge in [0.25, 0.3) is 0 Å². The van der Waals surface area contributed by atoms with E-state index in [1.54, 1.807) is 0 Å². The van der Waals surface area contributed by atoms with Crippen molar-refractivity contribution in [3.63, 3.8) is 0 Å². The Bertz CT molecular complexity index is 329. The van der Waals surface area contributed by atoms with Gasteiger partial charge in [0, 0.05) is 0 Å². The van der Waals surface area contributed by atoms with Gasteiger partial charge in [-0.15, -0.1) is 0 Å². The van der Waals surface area contributed by atoms with Crippen molar-refractivity contribution in [1.82, 2.24) is 0 Å². The molecule has 0 aromatic rings. The van der Waals surface area contributed by atoms with Crippen molar-refractivity contribution in [3.05, 3.63) is 24.8 Å². The number of quaternary nitrogens is 1. The Kier molecular flexibility index (Phi) is 19.8. The number of rotatable bonds is 21. The van der Waals surface area contributed by atoms with E-state index in [4.69, 9.17) is 0 Å². The zero-order valence-electron chi connectivity index (χ0n) is 19.3. The van der Waals surface area contributed by atoms with E-state index < -0.39 is 0 Å². The van der Waals surface area contributed by atoms with Crippen molar-refractivity contribution >= 4 is 0 Å². The van der Waals surface area contributed by atoms with E-state index in [2.05, 4.69) is 39.8 Å². The van der Waals surface area contributed by atoms with Crippen molar-refractivity contribution in [2.24, 2.45) is 0 Å². The number of allylic oxidation sites excluding steroid dienone is 1. The van der Waals surface area contributed by atoms with E-state index in [9.17, 15) is 0 Å². The Morgan fingerprint density at radius 2 is 0.963 bits per heavy atom. The lowest BCUT2D eigenvalue weighted by Gasteiger charge is -2.26. The Balaban J connectivity index is 3.18. The fraction of sp³-hybridized carbons (Fsp3) is 0.846. The van der Waals surface area contributed by atoms with E-state index in [-0.39, 0.29) is 0 Å². The van der Waals surface area contributed by atoms with Crippen LogP contribution < -0.4 is 0 Å². The highest BCUT2D eigenvalue weighted by atomic mass is 15.3. The quantitative estimate of drug-likeness (QED) is 0.107. The monoisotopic (exact) mass is 378 g/mol. The highest BCUT2D eigenvalue weighted by Gasteiger charge is 2.08. The predicted molar refractivity (Wildman–Crippen MR) is 125 cm³/mol. The third-order valence-corrected chi connectivity index (χ3v) is 5.61. The molecule has 1 nitrogen and oxygen atoms in total. The van der Waals surface area contributed by atoms with Gasteiger partial charge in [0.05, 0.1) is 27.2 Å². The van der Waals surface area contributed by atoms with Gasteiger partial charge < -0.3 is 4.48 Å². The molecule has 0 rings (SSSR count). The minimum Gasteiger partial charge on any atom is -0.322 e. The molecule has 0 fully saturated rings. The van der Waals surface area contributed by atoms with Crippen LogP contribution in [0.25, 0.3) is 0 Å².